The molecule has 0 atom stereocenters. The highest BCUT2D eigenvalue weighted by Gasteiger charge is 1.94. The smallest absolute Gasteiger partial charge is 0.115 e. The average Bonchev–Trinajstić information content (AvgIpc) is 2.03. The summed E-state index contributed by atoms with van der Waals surface area (Å²) >= 11 is 3.22. The second-order valence-corrected chi connectivity index (χ2v) is 3.00. The molecule has 62 valence electrons. The zero-order chi connectivity index (χ0) is 8.97. The minimum absolute atomic E-state index is 0.289. The summed E-state index contributed by atoms with van der Waals surface area (Å²) in [7, 11) is 0. The summed E-state index contributed by atoms with van der Waals surface area (Å²) in [5, 5.41) is 9.78. The van der Waals surface area contributed by atoms with Gasteiger partial charge in [-0.15, -0.1) is 0 Å². The molecule has 1 nitrogen and oxygen atoms in total. The van der Waals surface area contributed by atoms with Gasteiger partial charge < -0.3 is 5.11 Å². The number of phenols is 1. The van der Waals surface area contributed by atoms with Crippen molar-refractivity contribution in [1.82, 2.24) is 0 Å². The summed E-state index contributed by atoms with van der Waals surface area (Å²) in [6, 6.07) is 5.17. The van der Waals surface area contributed by atoms with Crippen molar-refractivity contribution in [3.8, 4) is 17.6 Å². The molecule has 0 saturated carbocycles. The minimum atomic E-state index is 0.289. The zero-order valence-corrected chi connectivity index (χ0v) is 8.35. The van der Waals surface area contributed by atoms with Crippen molar-refractivity contribution in [2.75, 3.05) is 5.33 Å². The first-order valence-electron chi connectivity index (χ1n) is 3.58. The van der Waals surface area contributed by atoms with Gasteiger partial charge in [0.2, 0.25) is 0 Å². The Hall–Kier alpha value is -0.940. The monoisotopic (exact) mass is 224 g/mol. The Morgan fingerprint density at radius 2 is 2.25 bits per heavy atom. The van der Waals surface area contributed by atoms with Crippen LogP contribution < -0.4 is 0 Å². The van der Waals surface area contributed by atoms with Crippen molar-refractivity contribution in [3.63, 3.8) is 0 Å². The SMILES string of the molecule is Cc1cc(O)ccc1C#CCBr. The third-order valence-corrected chi connectivity index (χ3v) is 1.78. The molecule has 0 saturated heterocycles. The van der Waals surface area contributed by atoms with Gasteiger partial charge in [-0.05, 0) is 30.7 Å². The number of aromatic hydroxyl groups is 1. The van der Waals surface area contributed by atoms with E-state index in [9.17, 15) is 0 Å². The average molecular weight is 225 g/mol. The molecular formula is C10H9BrO. The fourth-order valence-corrected chi connectivity index (χ4v) is 1.06. The van der Waals surface area contributed by atoms with Crippen LogP contribution in [-0.2, 0) is 0 Å². The minimum Gasteiger partial charge on any atom is -0.508 e. The summed E-state index contributed by atoms with van der Waals surface area (Å²) in [6.07, 6.45) is 0. The van der Waals surface area contributed by atoms with Crippen LogP contribution in [0.5, 0.6) is 5.75 Å². The van der Waals surface area contributed by atoms with Gasteiger partial charge in [-0.3, -0.25) is 0 Å². The molecule has 0 spiro atoms. The fraction of sp³-hybridized carbons (Fsp3) is 0.200. The summed E-state index contributed by atoms with van der Waals surface area (Å²) in [6.45, 7) is 1.93. The summed E-state index contributed by atoms with van der Waals surface area (Å²) in [5.74, 6) is 6.18. The van der Waals surface area contributed by atoms with Gasteiger partial charge in [0.15, 0.2) is 0 Å². The number of hydrogen-bond donors (Lipinski definition) is 1. The highest BCUT2D eigenvalue weighted by molar-refractivity contribution is 9.09. The van der Waals surface area contributed by atoms with Gasteiger partial charge >= 0.3 is 0 Å². The Morgan fingerprint density at radius 1 is 1.50 bits per heavy atom. The standard InChI is InChI=1S/C10H9BrO/c1-8-7-10(12)5-4-9(8)3-2-6-11/h4-5,7,12H,6H2,1H3. The largest absolute Gasteiger partial charge is 0.508 e. The molecule has 1 N–H and O–H groups in total. The number of aryl methyl sites for hydroxylation is 1. The molecule has 0 heterocycles. The lowest BCUT2D eigenvalue weighted by Crippen LogP contribution is -1.80. The normalized spacial score (nSPS) is 8.83. The predicted molar refractivity (Wildman–Crippen MR) is 53.5 cm³/mol. The molecule has 0 bridgehead atoms. The van der Waals surface area contributed by atoms with Crippen molar-refractivity contribution >= 4 is 15.9 Å². The Kier molecular flexibility index (Phi) is 3.19. The molecule has 1 rings (SSSR count). The van der Waals surface area contributed by atoms with Crippen LogP contribution in [0.25, 0.3) is 0 Å². The highest BCUT2D eigenvalue weighted by Crippen LogP contribution is 2.14. The van der Waals surface area contributed by atoms with Crippen molar-refractivity contribution in [3.05, 3.63) is 29.3 Å². The maximum absolute atomic E-state index is 9.11. The lowest BCUT2D eigenvalue weighted by atomic mass is 10.1. The number of benzene rings is 1. The Bertz CT molecular complexity index is 333. The topological polar surface area (TPSA) is 20.2 Å². The van der Waals surface area contributed by atoms with E-state index < -0.39 is 0 Å². The lowest BCUT2D eigenvalue weighted by molar-refractivity contribution is 0.475. The van der Waals surface area contributed by atoms with E-state index in [1.807, 2.05) is 13.0 Å². The van der Waals surface area contributed by atoms with Crippen LogP contribution in [0.4, 0.5) is 0 Å². The van der Waals surface area contributed by atoms with Crippen molar-refractivity contribution in [2.24, 2.45) is 0 Å². The molecule has 0 radical (unpaired) electrons. The third kappa shape index (κ3) is 2.28. The first kappa shape index (κ1) is 9.15. The lowest BCUT2D eigenvalue weighted by Gasteiger charge is -1.97. The summed E-state index contributed by atoms with van der Waals surface area (Å²) < 4.78 is 0. The maximum Gasteiger partial charge on any atom is 0.115 e. The number of halogens is 1. The molecule has 0 fully saturated rings. The number of phenolic OH excluding ortho intramolecular Hbond substituents is 1. The van der Waals surface area contributed by atoms with Crippen LogP contribution in [0.2, 0.25) is 0 Å². The molecule has 0 aliphatic heterocycles. The summed E-state index contributed by atoms with van der Waals surface area (Å²) in [5.41, 5.74) is 1.97. The third-order valence-electron chi connectivity index (χ3n) is 1.50. The number of alkyl halides is 1. The van der Waals surface area contributed by atoms with Crippen molar-refractivity contribution in [2.45, 2.75) is 6.92 Å². The van der Waals surface area contributed by atoms with Crippen molar-refractivity contribution in [1.29, 1.82) is 0 Å². The van der Waals surface area contributed by atoms with Gasteiger partial charge in [0.25, 0.3) is 0 Å². The Labute approximate surface area is 80.6 Å². The molecule has 2 heteroatoms. The second-order valence-electron chi connectivity index (χ2n) is 2.43. The molecule has 0 amide bonds. The molecular weight excluding hydrogens is 216 g/mol. The summed E-state index contributed by atoms with van der Waals surface area (Å²) in [4.78, 5) is 0. The zero-order valence-electron chi connectivity index (χ0n) is 6.76. The number of hydrogen-bond acceptors (Lipinski definition) is 1. The van der Waals surface area contributed by atoms with E-state index in [1.54, 1.807) is 12.1 Å². The van der Waals surface area contributed by atoms with Crippen LogP contribution in [0, 0.1) is 18.8 Å². The van der Waals surface area contributed by atoms with Gasteiger partial charge in [-0.2, -0.15) is 0 Å². The Morgan fingerprint density at radius 3 is 2.83 bits per heavy atom. The van der Waals surface area contributed by atoms with Crippen LogP contribution in [0.3, 0.4) is 0 Å². The first-order valence-corrected chi connectivity index (χ1v) is 4.70. The first-order chi connectivity index (χ1) is 5.74. The van der Waals surface area contributed by atoms with E-state index in [2.05, 4.69) is 27.8 Å². The van der Waals surface area contributed by atoms with E-state index in [1.165, 1.54) is 0 Å². The quantitative estimate of drug-likeness (QED) is 0.531. The molecule has 0 aliphatic rings. The maximum atomic E-state index is 9.11. The van der Waals surface area contributed by atoms with Crippen LogP contribution in [-0.4, -0.2) is 10.4 Å². The fourth-order valence-electron chi connectivity index (χ4n) is 0.917. The second kappa shape index (κ2) is 4.18. The Balaban J connectivity index is 3.01. The van der Waals surface area contributed by atoms with E-state index in [0.29, 0.717) is 5.33 Å². The molecule has 0 aliphatic carbocycles. The van der Waals surface area contributed by atoms with Gasteiger partial charge in [0, 0.05) is 5.56 Å². The van der Waals surface area contributed by atoms with Crippen LogP contribution in [0.1, 0.15) is 11.1 Å². The molecule has 1 aromatic carbocycles. The van der Waals surface area contributed by atoms with Crippen LogP contribution >= 0.6 is 15.9 Å². The molecule has 1 aromatic rings. The van der Waals surface area contributed by atoms with Gasteiger partial charge in [-0.25, -0.2) is 0 Å². The van der Waals surface area contributed by atoms with E-state index in [-0.39, 0.29) is 5.75 Å². The highest BCUT2D eigenvalue weighted by atomic mass is 79.9. The van der Waals surface area contributed by atoms with Gasteiger partial charge in [0.05, 0.1) is 5.33 Å². The molecule has 0 aromatic heterocycles. The number of rotatable bonds is 0. The van der Waals surface area contributed by atoms with E-state index >= 15 is 0 Å². The van der Waals surface area contributed by atoms with Gasteiger partial charge in [0.1, 0.15) is 5.75 Å². The molecule has 12 heavy (non-hydrogen) atoms. The van der Waals surface area contributed by atoms with E-state index in [4.69, 9.17) is 5.11 Å². The molecule has 0 unspecified atom stereocenters. The van der Waals surface area contributed by atoms with E-state index in [0.717, 1.165) is 11.1 Å². The van der Waals surface area contributed by atoms with Crippen LogP contribution in [0.15, 0.2) is 18.2 Å². The van der Waals surface area contributed by atoms with Gasteiger partial charge in [-0.1, -0.05) is 27.8 Å². The van der Waals surface area contributed by atoms with Crippen molar-refractivity contribution < 1.29 is 5.11 Å². The predicted octanol–water partition coefficient (Wildman–Crippen LogP) is 2.45.